The molecule has 0 saturated heterocycles. The van der Waals surface area contributed by atoms with Gasteiger partial charge < -0.3 is 21.3 Å². The fraction of sp³-hybridized carbons (Fsp3) is 0.579. The van der Waals surface area contributed by atoms with Gasteiger partial charge in [-0.25, -0.2) is 0 Å². The van der Waals surface area contributed by atoms with Gasteiger partial charge >= 0.3 is 0 Å². The van der Waals surface area contributed by atoms with Crippen molar-refractivity contribution in [2.24, 2.45) is 5.41 Å². The van der Waals surface area contributed by atoms with E-state index in [1.807, 2.05) is 39.8 Å². The summed E-state index contributed by atoms with van der Waals surface area (Å²) in [4.78, 5) is 25.4. The Morgan fingerprint density at radius 2 is 1.08 bits per heavy atom. The molecule has 138 valence electrons. The third-order valence-corrected chi connectivity index (χ3v) is 4.58. The van der Waals surface area contributed by atoms with Crippen LogP contribution in [0, 0.1) is 5.41 Å². The van der Waals surface area contributed by atoms with Gasteiger partial charge in [-0.05, 0) is 45.2 Å². The summed E-state index contributed by atoms with van der Waals surface area (Å²) < 4.78 is 0. The minimum absolute atomic E-state index is 0.129. The number of fused-ring (bicyclic) bond motifs is 1. The van der Waals surface area contributed by atoms with Gasteiger partial charge in [0.05, 0.1) is 22.5 Å². The molecule has 25 heavy (non-hydrogen) atoms. The van der Waals surface area contributed by atoms with E-state index in [9.17, 15) is 9.59 Å². The number of hydrogen-bond acceptors (Lipinski definition) is 4. The first-order chi connectivity index (χ1) is 11.4. The number of carbonyl (C=O) groups excluding carboxylic acids is 2. The second kappa shape index (κ2) is 6.77. The number of benzene rings is 1. The predicted molar refractivity (Wildman–Crippen MR) is 102 cm³/mol. The van der Waals surface area contributed by atoms with Crippen molar-refractivity contribution in [1.29, 1.82) is 0 Å². The first-order valence-electron chi connectivity index (χ1n) is 8.65. The summed E-state index contributed by atoms with van der Waals surface area (Å²) in [6.45, 7) is 12.9. The molecule has 6 nitrogen and oxygen atoms in total. The van der Waals surface area contributed by atoms with Crippen LogP contribution in [0.15, 0.2) is 24.3 Å². The third kappa shape index (κ3) is 4.80. The Morgan fingerprint density at radius 1 is 0.720 bits per heavy atom. The number of amides is 2. The molecule has 0 aromatic heterocycles. The highest BCUT2D eigenvalue weighted by molar-refractivity contribution is 6.04. The van der Waals surface area contributed by atoms with Gasteiger partial charge in [0.1, 0.15) is 0 Å². The van der Waals surface area contributed by atoms with E-state index in [2.05, 4.69) is 35.1 Å². The van der Waals surface area contributed by atoms with Crippen LogP contribution in [-0.4, -0.2) is 36.0 Å². The Kier molecular flexibility index (Phi) is 5.25. The Bertz CT molecular complexity index is 610. The van der Waals surface area contributed by atoms with E-state index < -0.39 is 11.1 Å². The largest absolute Gasteiger partial charge is 0.323 e. The van der Waals surface area contributed by atoms with Crippen LogP contribution in [0.3, 0.4) is 0 Å². The SMILES string of the molecule is CC1(C)CNC(C)(C)C(=O)Nc2ccccc2NC(=O)C(C)(C)NC1. The second-order valence-electron chi connectivity index (χ2n) is 8.58. The highest BCUT2D eigenvalue weighted by Gasteiger charge is 2.34. The fourth-order valence-corrected chi connectivity index (χ4v) is 2.40. The van der Waals surface area contributed by atoms with E-state index in [4.69, 9.17) is 0 Å². The number of anilines is 2. The van der Waals surface area contributed by atoms with Crippen LogP contribution < -0.4 is 21.3 Å². The van der Waals surface area contributed by atoms with Crippen LogP contribution in [0.25, 0.3) is 0 Å². The van der Waals surface area contributed by atoms with E-state index in [1.165, 1.54) is 0 Å². The van der Waals surface area contributed by atoms with Gasteiger partial charge in [-0.1, -0.05) is 26.0 Å². The normalized spacial score (nSPS) is 23.1. The number of carbonyl (C=O) groups is 2. The standard InChI is InChI=1S/C19H30N4O2/c1-17(2)11-20-18(3,4)15(24)22-13-9-7-8-10-14(13)23-16(25)19(5,6)21-12-17/h7-10,20-21H,11-12H2,1-6H3,(H,22,24)(H,23,25). The number of hydrogen-bond donors (Lipinski definition) is 4. The van der Waals surface area contributed by atoms with Gasteiger partial charge in [-0.15, -0.1) is 0 Å². The molecule has 1 aromatic carbocycles. The summed E-state index contributed by atoms with van der Waals surface area (Å²) in [7, 11) is 0. The molecule has 1 aliphatic rings. The van der Waals surface area contributed by atoms with E-state index >= 15 is 0 Å². The molecule has 1 aromatic rings. The molecular formula is C19H30N4O2. The van der Waals surface area contributed by atoms with Crippen LogP contribution in [0.4, 0.5) is 11.4 Å². The van der Waals surface area contributed by atoms with Gasteiger partial charge in [-0.3, -0.25) is 9.59 Å². The molecule has 0 aliphatic carbocycles. The fourth-order valence-electron chi connectivity index (χ4n) is 2.40. The number of rotatable bonds is 0. The lowest BCUT2D eigenvalue weighted by molar-refractivity contribution is -0.121. The van der Waals surface area contributed by atoms with E-state index in [1.54, 1.807) is 12.1 Å². The quantitative estimate of drug-likeness (QED) is 0.581. The molecule has 6 heteroatoms. The molecule has 1 heterocycles. The molecule has 1 aliphatic heterocycles. The minimum atomic E-state index is -0.738. The lowest BCUT2D eigenvalue weighted by atomic mass is 9.90. The van der Waals surface area contributed by atoms with Crippen molar-refractivity contribution in [1.82, 2.24) is 10.6 Å². The van der Waals surface area contributed by atoms with Crippen molar-refractivity contribution < 1.29 is 9.59 Å². The molecule has 4 N–H and O–H groups in total. The van der Waals surface area contributed by atoms with Crippen LogP contribution in [0.1, 0.15) is 41.5 Å². The monoisotopic (exact) mass is 346 g/mol. The molecular weight excluding hydrogens is 316 g/mol. The highest BCUT2D eigenvalue weighted by Crippen LogP contribution is 2.25. The second-order valence-corrected chi connectivity index (χ2v) is 8.58. The van der Waals surface area contributed by atoms with Gasteiger partial charge in [0.2, 0.25) is 11.8 Å². The molecule has 0 fully saturated rings. The molecule has 0 atom stereocenters. The first kappa shape index (κ1) is 19.4. The smallest absolute Gasteiger partial charge is 0.244 e. The van der Waals surface area contributed by atoms with Crippen LogP contribution >= 0.6 is 0 Å². The highest BCUT2D eigenvalue weighted by atomic mass is 16.2. The summed E-state index contributed by atoms with van der Waals surface area (Å²) in [6.07, 6.45) is 0. The van der Waals surface area contributed by atoms with Gasteiger partial charge in [-0.2, -0.15) is 0 Å². The van der Waals surface area contributed by atoms with Crippen LogP contribution in [0.2, 0.25) is 0 Å². The Balaban J connectivity index is 2.40. The van der Waals surface area contributed by atoms with Crippen molar-refractivity contribution >= 4 is 23.2 Å². The summed E-state index contributed by atoms with van der Waals surface area (Å²) >= 11 is 0. The summed E-state index contributed by atoms with van der Waals surface area (Å²) in [5.74, 6) is -0.284. The Morgan fingerprint density at radius 3 is 1.44 bits per heavy atom. The molecule has 0 saturated carbocycles. The predicted octanol–water partition coefficient (Wildman–Crippen LogP) is 2.34. The zero-order chi connectivity index (χ0) is 18.9. The average molecular weight is 346 g/mol. The van der Waals surface area contributed by atoms with E-state index in [0.29, 0.717) is 24.5 Å². The number of para-hydroxylation sites is 2. The van der Waals surface area contributed by atoms with Crippen molar-refractivity contribution in [3.8, 4) is 0 Å². The summed E-state index contributed by atoms with van der Waals surface area (Å²) in [6, 6.07) is 7.23. The summed E-state index contributed by atoms with van der Waals surface area (Å²) in [5.41, 5.74) is -0.429. The maximum absolute atomic E-state index is 12.7. The van der Waals surface area contributed by atoms with Crippen LogP contribution in [-0.2, 0) is 9.59 Å². The topological polar surface area (TPSA) is 82.3 Å². The van der Waals surface area contributed by atoms with Gasteiger partial charge in [0, 0.05) is 13.1 Å². The average Bonchev–Trinajstić information content (AvgIpc) is 2.53. The zero-order valence-corrected chi connectivity index (χ0v) is 16.0. The lowest BCUT2D eigenvalue weighted by Crippen LogP contribution is -2.56. The van der Waals surface area contributed by atoms with E-state index in [0.717, 1.165) is 0 Å². The molecule has 0 spiro atoms. The molecule has 0 radical (unpaired) electrons. The van der Waals surface area contributed by atoms with Gasteiger partial charge in [0.25, 0.3) is 0 Å². The van der Waals surface area contributed by atoms with E-state index in [-0.39, 0.29) is 17.2 Å². The van der Waals surface area contributed by atoms with Crippen molar-refractivity contribution in [3.05, 3.63) is 24.3 Å². The molecule has 2 amide bonds. The third-order valence-electron chi connectivity index (χ3n) is 4.58. The lowest BCUT2D eigenvalue weighted by Gasteiger charge is -2.34. The maximum Gasteiger partial charge on any atom is 0.244 e. The Hall–Kier alpha value is -1.92. The zero-order valence-electron chi connectivity index (χ0n) is 16.0. The summed E-state index contributed by atoms with van der Waals surface area (Å²) in [5, 5.41) is 12.6. The molecule has 2 rings (SSSR count). The molecule has 0 unspecified atom stereocenters. The van der Waals surface area contributed by atoms with Gasteiger partial charge in [0.15, 0.2) is 0 Å². The van der Waals surface area contributed by atoms with Crippen molar-refractivity contribution in [3.63, 3.8) is 0 Å². The molecule has 0 bridgehead atoms. The van der Waals surface area contributed by atoms with Crippen LogP contribution in [0.5, 0.6) is 0 Å². The van der Waals surface area contributed by atoms with Crippen molar-refractivity contribution in [2.45, 2.75) is 52.6 Å². The minimum Gasteiger partial charge on any atom is -0.323 e. The maximum atomic E-state index is 12.7. The first-order valence-corrected chi connectivity index (χ1v) is 8.65. The number of nitrogens with one attached hydrogen (secondary N) is 4. The van der Waals surface area contributed by atoms with Crippen molar-refractivity contribution in [2.75, 3.05) is 23.7 Å². The Labute approximate surface area is 150 Å².